The lowest BCUT2D eigenvalue weighted by atomic mass is 10.1. The summed E-state index contributed by atoms with van der Waals surface area (Å²) in [5.74, 6) is -1.19. The van der Waals surface area contributed by atoms with Gasteiger partial charge in [-0.3, -0.25) is 0 Å². The quantitative estimate of drug-likeness (QED) is 0.570. The number of carbonyl (C=O) groups is 1. The molecule has 1 saturated heterocycles. The van der Waals surface area contributed by atoms with E-state index in [1.807, 2.05) is 0 Å². The number of phenols is 2. The van der Waals surface area contributed by atoms with Crippen molar-refractivity contribution in [2.75, 3.05) is 6.54 Å². The number of carboxylic acids is 1. The average molecular weight is 266 g/mol. The molecule has 6 heteroatoms. The van der Waals surface area contributed by atoms with Crippen LogP contribution in [0.1, 0.15) is 18.9 Å². The maximum atomic E-state index is 11.2. The number of benzene rings is 1. The fraction of sp³-hybridized carbons (Fsp3) is 0.385. The van der Waals surface area contributed by atoms with Crippen LogP contribution in [0.3, 0.4) is 0 Å². The van der Waals surface area contributed by atoms with Gasteiger partial charge in [-0.1, -0.05) is 0 Å². The molecule has 0 radical (unpaired) electrons. The van der Waals surface area contributed by atoms with E-state index in [1.54, 1.807) is 11.5 Å². The molecule has 2 rings (SSSR count). The van der Waals surface area contributed by atoms with Gasteiger partial charge in [0.15, 0.2) is 12.3 Å². The van der Waals surface area contributed by atoms with Gasteiger partial charge in [-0.05, 0) is 12.1 Å². The van der Waals surface area contributed by atoms with Crippen LogP contribution in [0.25, 0.3) is 0 Å². The summed E-state index contributed by atoms with van der Waals surface area (Å²) in [7, 11) is 0. The van der Waals surface area contributed by atoms with Crippen molar-refractivity contribution in [1.29, 1.82) is 0 Å². The van der Waals surface area contributed by atoms with Gasteiger partial charge in [-0.2, -0.15) is 0 Å². The first-order valence-corrected chi connectivity index (χ1v) is 5.93. The third kappa shape index (κ3) is 2.53. The number of carboxylic acid groups (broad SMARTS) is 1. The maximum Gasteiger partial charge on any atom is 0.373 e. The molecule has 0 aliphatic carbocycles. The van der Waals surface area contributed by atoms with Crippen molar-refractivity contribution in [1.82, 2.24) is 0 Å². The molecule has 6 nitrogen and oxygen atoms in total. The minimum absolute atomic E-state index is 0.0645. The van der Waals surface area contributed by atoms with E-state index in [2.05, 4.69) is 0 Å². The molecule has 2 unspecified atom stereocenters. The fourth-order valence-corrected chi connectivity index (χ4v) is 2.40. The minimum atomic E-state index is -1.01. The van der Waals surface area contributed by atoms with E-state index in [0.717, 1.165) is 0 Å². The minimum Gasteiger partial charge on any atom is -0.508 e. The Hall–Kier alpha value is -2.08. The molecule has 0 spiro atoms. The van der Waals surface area contributed by atoms with E-state index >= 15 is 0 Å². The number of rotatable bonds is 2. The first-order chi connectivity index (χ1) is 8.90. The van der Waals surface area contributed by atoms with Crippen molar-refractivity contribution in [3.63, 3.8) is 0 Å². The van der Waals surface area contributed by atoms with E-state index in [1.165, 1.54) is 18.2 Å². The molecule has 4 N–H and O–H groups in total. The summed E-state index contributed by atoms with van der Waals surface area (Å²) in [5, 5.41) is 37.8. The molecule has 1 heterocycles. The Labute approximate surface area is 109 Å². The highest BCUT2D eigenvalue weighted by Gasteiger charge is 2.41. The topological polar surface area (TPSA) is 101 Å². The Balaban J connectivity index is 2.48. The largest absolute Gasteiger partial charge is 0.508 e. The zero-order valence-corrected chi connectivity index (χ0v) is 10.4. The van der Waals surface area contributed by atoms with Crippen LogP contribution >= 0.6 is 0 Å². The lowest BCUT2D eigenvalue weighted by Crippen LogP contribution is -2.32. The fourth-order valence-electron chi connectivity index (χ4n) is 2.40. The molecular weight excluding hydrogens is 250 g/mol. The summed E-state index contributed by atoms with van der Waals surface area (Å²) < 4.78 is 1.55. The van der Waals surface area contributed by atoms with Gasteiger partial charge in [0, 0.05) is 13.0 Å². The summed E-state index contributed by atoms with van der Waals surface area (Å²) in [4.78, 5) is 11.2. The van der Waals surface area contributed by atoms with Crippen LogP contribution in [0.4, 0.5) is 0 Å². The number of aliphatic hydroxyl groups excluding tert-OH is 1. The number of aliphatic carboxylic acids is 1. The molecule has 1 aliphatic rings. The number of aliphatic hydroxyl groups is 1. The van der Waals surface area contributed by atoms with E-state index in [9.17, 15) is 20.1 Å². The monoisotopic (exact) mass is 266 g/mol. The van der Waals surface area contributed by atoms with Crippen molar-refractivity contribution in [3.8, 4) is 11.5 Å². The number of nitrogens with zero attached hydrogens (tertiary/aromatic N) is 1. The summed E-state index contributed by atoms with van der Waals surface area (Å²) in [6, 6.07) is 3.33. The standard InChI is InChI=1S/C13H15NO5/c1-7(10-3-2-8(15)5-12(10)17)14-6-9(16)4-11(14)13(18)19/h2-3,5,9,11,16H,4,6H2,1H3,(H2,15,17,18,19)/p+1. The van der Waals surface area contributed by atoms with Gasteiger partial charge in [0.1, 0.15) is 17.6 Å². The Bertz CT molecular complexity index is 552. The SMILES string of the molecule is CC(c1ccc(O)cc1O)=[N+]1CC(O)CC1C(=O)O. The molecule has 19 heavy (non-hydrogen) atoms. The third-order valence-electron chi connectivity index (χ3n) is 3.37. The second-order valence-corrected chi connectivity index (χ2v) is 4.68. The highest BCUT2D eigenvalue weighted by atomic mass is 16.4. The first-order valence-electron chi connectivity index (χ1n) is 5.93. The Morgan fingerprint density at radius 2 is 2.05 bits per heavy atom. The molecule has 0 aromatic heterocycles. The molecule has 0 amide bonds. The van der Waals surface area contributed by atoms with E-state index < -0.39 is 18.1 Å². The number of β-amino-alcohol motifs (C(OH)–C–C–N with tert-alkyl or cyclic N) is 1. The van der Waals surface area contributed by atoms with Crippen LogP contribution in [0.5, 0.6) is 11.5 Å². The predicted octanol–water partition coefficient (Wildman–Crippen LogP) is 0.137. The van der Waals surface area contributed by atoms with Crippen LogP contribution < -0.4 is 0 Å². The molecule has 1 aliphatic heterocycles. The maximum absolute atomic E-state index is 11.2. The van der Waals surface area contributed by atoms with E-state index in [-0.39, 0.29) is 24.5 Å². The van der Waals surface area contributed by atoms with Crippen molar-refractivity contribution in [2.45, 2.75) is 25.5 Å². The van der Waals surface area contributed by atoms with Crippen LogP contribution in [-0.4, -0.2) is 55.4 Å². The summed E-state index contributed by atoms with van der Waals surface area (Å²) in [6.45, 7) is 1.89. The normalized spacial score (nSPS) is 25.4. The second kappa shape index (κ2) is 4.89. The van der Waals surface area contributed by atoms with Crippen molar-refractivity contribution >= 4 is 11.7 Å². The molecule has 0 bridgehead atoms. The van der Waals surface area contributed by atoms with Crippen LogP contribution in [-0.2, 0) is 4.79 Å². The van der Waals surface area contributed by atoms with E-state index in [4.69, 9.17) is 5.11 Å². The van der Waals surface area contributed by atoms with Gasteiger partial charge in [0.2, 0.25) is 0 Å². The van der Waals surface area contributed by atoms with Gasteiger partial charge in [-0.15, -0.1) is 0 Å². The second-order valence-electron chi connectivity index (χ2n) is 4.68. The summed E-state index contributed by atoms with van der Waals surface area (Å²) >= 11 is 0. The van der Waals surface area contributed by atoms with Gasteiger partial charge >= 0.3 is 5.97 Å². The number of hydrogen-bond acceptors (Lipinski definition) is 4. The molecular formula is C13H16NO5+. The number of aromatic hydroxyl groups is 2. The summed E-state index contributed by atoms with van der Waals surface area (Å²) in [5.41, 5.74) is 1.000. The summed E-state index contributed by atoms with van der Waals surface area (Å²) in [6.07, 6.45) is -0.541. The van der Waals surface area contributed by atoms with Crippen molar-refractivity contribution in [2.24, 2.45) is 0 Å². The third-order valence-corrected chi connectivity index (χ3v) is 3.37. The smallest absolute Gasteiger partial charge is 0.373 e. The Morgan fingerprint density at radius 3 is 2.63 bits per heavy atom. The Morgan fingerprint density at radius 1 is 1.37 bits per heavy atom. The van der Waals surface area contributed by atoms with Crippen LogP contribution in [0.2, 0.25) is 0 Å². The number of hydrogen-bond donors (Lipinski definition) is 4. The van der Waals surface area contributed by atoms with Gasteiger partial charge in [-0.25, -0.2) is 9.37 Å². The zero-order chi connectivity index (χ0) is 14.2. The zero-order valence-electron chi connectivity index (χ0n) is 10.4. The predicted molar refractivity (Wildman–Crippen MR) is 66.7 cm³/mol. The van der Waals surface area contributed by atoms with Crippen LogP contribution in [0.15, 0.2) is 18.2 Å². The highest BCUT2D eigenvalue weighted by molar-refractivity contribution is 5.98. The first kappa shape index (κ1) is 13.4. The molecule has 2 atom stereocenters. The molecule has 1 aromatic carbocycles. The van der Waals surface area contributed by atoms with Crippen LogP contribution in [0, 0.1) is 0 Å². The lowest BCUT2D eigenvalue weighted by molar-refractivity contribution is -0.535. The highest BCUT2D eigenvalue weighted by Crippen LogP contribution is 2.25. The van der Waals surface area contributed by atoms with Crippen molar-refractivity contribution in [3.05, 3.63) is 23.8 Å². The average Bonchev–Trinajstić information content (AvgIpc) is 2.70. The molecule has 0 saturated carbocycles. The molecule has 1 aromatic rings. The van der Waals surface area contributed by atoms with E-state index in [0.29, 0.717) is 11.3 Å². The van der Waals surface area contributed by atoms with Crippen molar-refractivity contribution < 1.29 is 29.8 Å². The lowest BCUT2D eigenvalue weighted by Gasteiger charge is -2.08. The van der Waals surface area contributed by atoms with Gasteiger partial charge in [0.25, 0.3) is 6.04 Å². The van der Waals surface area contributed by atoms with Gasteiger partial charge < -0.3 is 20.4 Å². The molecule has 1 fully saturated rings. The van der Waals surface area contributed by atoms with Gasteiger partial charge in [0.05, 0.1) is 12.0 Å². The molecule has 102 valence electrons. The number of phenolic OH excluding ortho intramolecular Hbond substituents is 2. The Kier molecular flexibility index (Phi) is 3.44.